The van der Waals surface area contributed by atoms with Gasteiger partial charge in [-0.05, 0) is 28.3 Å². The summed E-state index contributed by atoms with van der Waals surface area (Å²) in [5.74, 6) is 0.170. The minimum absolute atomic E-state index is 0.170. The molecule has 0 amide bonds. The Morgan fingerprint density at radius 2 is 1.50 bits per heavy atom. The number of phenolic OH excluding ortho intramolecular Hbond substituents is 1. The van der Waals surface area contributed by atoms with Crippen molar-refractivity contribution < 1.29 is 5.11 Å². The first-order valence-corrected chi connectivity index (χ1v) is 5.16. The second kappa shape index (κ2) is 3.14. The fraction of sp³-hybridized carbons (Fsp3) is 0. The number of nitrogens with two attached hydrogens (primary N) is 1. The lowest BCUT2D eigenvalue weighted by Crippen LogP contribution is -1.86. The lowest BCUT2D eigenvalue weighted by Gasteiger charge is -2.07. The van der Waals surface area contributed by atoms with Crippen LogP contribution in [0.5, 0.6) is 5.75 Å². The lowest BCUT2D eigenvalue weighted by atomic mass is 10.0. The Morgan fingerprint density at radius 3 is 2.38 bits per heavy atom. The van der Waals surface area contributed by atoms with E-state index >= 15 is 0 Å². The number of fused-ring (bicyclic) bond motifs is 3. The smallest absolute Gasteiger partial charge is 0.146 e. The number of rotatable bonds is 0. The number of anilines is 1. The van der Waals surface area contributed by atoms with Crippen molar-refractivity contribution in [3.05, 3.63) is 48.5 Å². The van der Waals surface area contributed by atoms with E-state index in [0.717, 1.165) is 16.2 Å². The first-order chi connectivity index (χ1) is 7.77. The maximum Gasteiger partial charge on any atom is 0.146 e. The Kier molecular flexibility index (Phi) is 1.77. The van der Waals surface area contributed by atoms with E-state index in [2.05, 4.69) is 6.07 Å². The van der Waals surface area contributed by atoms with Gasteiger partial charge in [-0.1, -0.05) is 36.4 Å². The van der Waals surface area contributed by atoms with Crippen molar-refractivity contribution in [2.75, 3.05) is 5.73 Å². The van der Waals surface area contributed by atoms with E-state index in [4.69, 9.17) is 5.73 Å². The highest BCUT2D eigenvalue weighted by Gasteiger charge is 2.05. The van der Waals surface area contributed by atoms with Gasteiger partial charge in [-0.3, -0.25) is 0 Å². The molecule has 78 valence electrons. The zero-order chi connectivity index (χ0) is 11.1. The predicted molar refractivity (Wildman–Crippen MR) is 67.5 cm³/mol. The van der Waals surface area contributed by atoms with Gasteiger partial charge in [0.05, 0.1) is 5.69 Å². The summed E-state index contributed by atoms with van der Waals surface area (Å²) in [5.41, 5.74) is 6.10. The van der Waals surface area contributed by atoms with E-state index in [1.165, 1.54) is 5.39 Å². The Hall–Kier alpha value is -2.22. The molecule has 0 bridgehead atoms. The standard InChI is InChI=1S/C14H11NO/c15-13-8-7-11-10-4-2-1-3-9(10)5-6-12(11)14(13)16/h1-8,16H,15H2. The van der Waals surface area contributed by atoms with Gasteiger partial charge < -0.3 is 10.8 Å². The van der Waals surface area contributed by atoms with Crippen LogP contribution in [0.2, 0.25) is 0 Å². The molecule has 16 heavy (non-hydrogen) atoms. The highest BCUT2D eigenvalue weighted by molar-refractivity contribution is 6.10. The molecule has 0 aliphatic rings. The summed E-state index contributed by atoms with van der Waals surface area (Å²) in [7, 11) is 0. The Labute approximate surface area is 92.9 Å². The number of aromatic hydroxyl groups is 1. The third-order valence-corrected chi connectivity index (χ3v) is 2.93. The molecule has 0 saturated carbocycles. The fourth-order valence-electron chi connectivity index (χ4n) is 2.09. The molecule has 0 aliphatic heterocycles. The third kappa shape index (κ3) is 1.13. The van der Waals surface area contributed by atoms with Crippen molar-refractivity contribution in [3.63, 3.8) is 0 Å². The molecule has 0 unspecified atom stereocenters. The SMILES string of the molecule is Nc1ccc2c(ccc3ccccc32)c1O. The Morgan fingerprint density at radius 1 is 0.750 bits per heavy atom. The number of nitrogen functional groups attached to an aromatic ring is 1. The molecule has 0 atom stereocenters. The summed E-state index contributed by atoms with van der Waals surface area (Å²) < 4.78 is 0. The zero-order valence-electron chi connectivity index (χ0n) is 8.64. The van der Waals surface area contributed by atoms with Crippen LogP contribution in [0.4, 0.5) is 5.69 Å². The van der Waals surface area contributed by atoms with Crippen LogP contribution in [-0.4, -0.2) is 5.11 Å². The fourth-order valence-corrected chi connectivity index (χ4v) is 2.09. The van der Waals surface area contributed by atoms with Crippen LogP contribution in [0.15, 0.2) is 48.5 Å². The van der Waals surface area contributed by atoms with Crippen LogP contribution in [-0.2, 0) is 0 Å². The predicted octanol–water partition coefficient (Wildman–Crippen LogP) is 3.28. The molecule has 3 N–H and O–H groups in total. The van der Waals surface area contributed by atoms with E-state index in [-0.39, 0.29) is 5.75 Å². The van der Waals surface area contributed by atoms with E-state index < -0.39 is 0 Å². The second-order valence-electron chi connectivity index (χ2n) is 3.89. The molecule has 2 heteroatoms. The Bertz CT molecular complexity index is 689. The van der Waals surface area contributed by atoms with Crippen LogP contribution in [0.3, 0.4) is 0 Å². The number of hydrogen-bond donors (Lipinski definition) is 2. The number of phenols is 1. The minimum atomic E-state index is 0.170. The van der Waals surface area contributed by atoms with E-state index in [1.54, 1.807) is 6.07 Å². The van der Waals surface area contributed by atoms with Crippen molar-refractivity contribution in [2.45, 2.75) is 0 Å². The molecule has 2 nitrogen and oxygen atoms in total. The maximum atomic E-state index is 9.89. The summed E-state index contributed by atoms with van der Waals surface area (Å²) in [6.45, 7) is 0. The molecular weight excluding hydrogens is 198 g/mol. The van der Waals surface area contributed by atoms with E-state index in [0.29, 0.717) is 5.69 Å². The quantitative estimate of drug-likeness (QED) is 0.339. The highest BCUT2D eigenvalue weighted by atomic mass is 16.3. The summed E-state index contributed by atoms with van der Waals surface area (Å²) in [5, 5.41) is 14.0. The zero-order valence-corrected chi connectivity index (χ0v) is 8.64. The molecule has 0 radical (unpaired) electrons. The molecule has 0 heterocycles. The number of benzene rings is 3. The van der Waals surface area contributed by atoms with Gasteiger partial charge >= 0.3 is 0 Å². The molecule has 3 aromatic rings. The van der Waals surface area contributed by atoms with Gasteiger partial charge in [-0.25, -0.2) is 0 Å². The van der Waals surface area contributed by atoms with Gasteiger partial charge in [0.25, 0.3) is 0 Å². The van der Waals surface area contributed by atoms with Crippen molar-refractivity contribution in [1.29, 1.82) is 0 Å². The third-order valence-electron chi connectivity index (χ3n) is 2.93. The average molecular weight is 209 g/mol. The molecule has 0 saturated heterocycles. The molecule has 0 spiro atoms. The van der Waals surface area contributed by atoms with E-state index in [9.17, 15) is 5.11 Å². The molecule has 0 fully saturated rings. The molecule has 3 aromatic carbocycles. The molecule has 0 aliphatic carbocycles. The van der Waals surface area contributed by atoms with Crippen LogP contribution in [0.1, 0.15) is 0 Å². The van der Waals surface area contributed by atoms with Crippen LogP contribution >= 0.6 is 0 Å². The first kappa shape index (κ1) is 9.04. The summed E-state index contributed by atoms with van der Waals surface area (Å²) >= 11 is 0. The summed E-state index contributed by atoms with van der Waals surface area (Å²) in [6.07, 6.45) is 0. The van der Waals surface area contributed by atoms with Crippen molar-refractivity contribution in [2.24, 2.45) is 0 Å². The monoisotopic (exact) mass is 209 g/mol. The van der Waals surface area contributed by atoms with Crippen molar-refractivity contribution >= 4 is 27.2 Å². The molecular formula is C14H11NO. The van der Waals surface area contributed by atoms with Gasteiger partial charge in [0.1, 0.15) is 5.75 Å². The van der Waals surface area contributed by atoms with Gasteiger partial charge in [0, 0.05) is 5.39 Å². The van der Waals surface area contributed by atoms with Crippen molar-refractivity contribution in [3.8, 4) is 5.75 Å². The van der Waals surface area contributed by atoms with Crippen LogP contribution < -0.4 is 5.73 Å². The maximum absolute atomic E-state index is 9.89. The van der Waals surface area contributed by atoms with Crippen LogP contribution in [0.25, 0.3) is 21.5 Å². The largest absolute Gasteiger partial charge is 0.505 e. The minimum Gasteiger partial charge on any atom is -0.505 e. The molecule has 0 aromatic heterocycles. The van der Waals surface area contributed by atoms with Gasteiger partial charge in [-0.15, -0.1) is 0 Å². The second-order valence-corrected chi connectivity index (χ2v) is 3.89. The highest BCUT2D eigenvalue weighted by Crippen LogP contribution is 2.34. The van der Waals surface area contributed by atoms with Gasteiger partial charge in [0.2, 0.25) is 0 Å². The lowest BCUT2D eigenvalue weighted by molar-refractivity contribution is 0.484. The normalized spacial score (nSPS) is 11.0. The summed E-state index contributed by atoms with van der Waals surface area (Å²) in [6, 6.07) is 15.7. The number of hydrogen-bond acceptors (Lipinski definition) is 2. The van der Waals surface area contributed by atoms with Crippen LogP contribution in [0, 0.1) is 0 Å². The van der Waals surface area contributed by atoms with Gasteiger partial charge in [0.15, 0.2) is 0 Å². The topological polar surface area (TPSA) is 46.2 Å². The van der Waals surface area contributed by atoms with Gasteiger partial charge in [-0.2, -0.15) is 0 Å². The Balaban J connectivity index is 2.58. The summed E-state index contributed by atoms with van der Waals surface area (Å²) in [4.78, 5) is 0. The van der Waals surface area contributed by atoms with E-state index in [1.807, 2.05) is 36.4 Å². The first-order valence-electron chi connectivity index (χ1n) is 5.16. The molecule has 3 rings (SSSR count). The average Bonchev–Trinajstić information content (AvgIpc) is 2.33. The van der Waals surface area contributed by atoms with Crippen molar-refractivity contribution in [1.82, 2.24) is 0 Å².